The van der Waals surface area contributed by atoms with Gasteiger partial charge in [0.25, 0.3) is 0 Å². The van der Waals surface area contributed by atoms with Crippen LogP contribution < -0.4 is 4.74 Å². The van der Waals surface area contributed by atoms with E-state index in [1.165, 1.54) is 12.0 Å². The van der Waals surface area contributed by atoms with Crippen LogP contribution in [0.3, 0.4) is 0 Å². The molecule has 0 aliphatic heterocycles. The molecule has 0 spiro atoms. The van der Waals surface area contributed by atoms with Gasteiger partial charge < -0.3 is 4.74 Å². The molecule has 1 heteroatoms. The molecule has 1 aromatic rings. The van der Waals surface area contributed by atoms with Crippen LogP contribution in [0.25, 0.3) is 0 Å². The third-order valence-electron chi connectivity index (χ3n) is 2.87. The third-order valence-corrected chi connectivity index (χ3v) is 2.87. The Morgan fingerprint density at radius 2 is 1.82 bits per heavy atom. The van der Waals surface area contributed by atoms with E-state index in [2.05, 4.69) is 64.1 Å². The average molecular weight is 232 g/mol. The van der Waals surface area contributed by atoms with Gasteiger partial charge in [0.1, 0.15) is 5.75 Å². The first-order chi connectivity index (χ1) is 8.17. The van der Waals surface area contributed by atoms with Crippen LogP contribution >= 0.6 is 0 Å². The molecule has 0 aliphatic carbocycles. The molecule has 0 amide bonds. The summed E-state index contributed by atoms with van der Waals surface area (Å²) in [6.45, 7) is 8.42. The number of allylic oxidation sites excluding steroid dienone is 2. The molecular weight excluding hydrogens is 208 g/mol. The summed E-state index contributed by atoms with van der Waals surface area (Å²) in [4.78, 5) is 0. The van der Waals surface area contributed by atoms with E-state index >= 15 is 0 Å². The summed E-state index contributed by atoms with van der Waals surface area (Å²) in [5, 5.41) is 0. The molecular formula is C16H24O. The van der Waals surface area contributed by atoms with E-state index in [9.17, 15) is 0 Å². The molecule has 1 aromatic carbocycles. The van der Waals surface area contributed by atoms with Crippen LogP contribution in [-0.4, -0.2) is 6.10 Å². The molecule has 0 aromatic heterocycles. The first kappa shape index (κ1) is 13.8. The summed E-state index contributed by atoms with van der Waals surface area (Å²) in [6.07, 6.45) is 6.91. The van der Waals surface area contributed by atoms with Crippen LogP contribution in [0, 0.1) is 0 Å². The molecule has 17 heavy (non-hydrogen) atoms. The Morgan fingerprint density at radius 3 is 2.29 bits per heavy atom. The number of hydrogen-bond donors (Lipinski definition) is 0. The minimum absolute atomic E-state index is 0.242. The Bertz CT molecular complexity index is 335. The lowest BCUT2D eigenvalue weighted by molar-refractivity contribution is 0.242. The van der Waals surface area contributed by atoms with Gasteiger partial charge in [0.05, 0.1) is 6.10 Å². The highest BCUT2D eigenvalue weighted by Crippen LogP contribution is 2.25. The summed E-state index contributed by atoms with van der Waals surface area (Å²) in [6, 6.07) is 8.53. The van der Waals surface area contributed by atoms with Crippen LogP contribution in [0.2, 0.25) is 0 Å². The monoisotopic (exact) mass is 232 g/mol. The van der Waals surface area contributed by atoms with Gasteiger partial charge in [-0.3, -0.25) is 0 Å². The maximum Gasteiger partial charge on any atom is 0.119 e. The van der Waals surface area contributed by atoms with E-state index in [-0.39, 0.29) is 6.10 Å². The fourth-order valence-electron chi connectivity index (χ4n) is 1.93. The van der Waals surface area contributed by atoms with Gasteiger partial charge in [-0.15, -0.1) is 0 Å². The Kier molecular flexibility index (Phi) is 5.82. The molecule has 94 valence electrons. The molecule has 1 nitrogen and oxygen atoms in total. The van der Waals surface area contributed by atoms with Gasteiger partial charge in [0.15, 0.2) is 0 Å². The second-order valence-electron chi connectivity index (χ2n) is 4.65. The van der Waals surface area contributed by atoms with E-state index in [1.807, 2.05) is 0 Å². The van der Waals surface area contributed by atoms with Crippen molar-refractivity contribution in [2.45, 2.75) is 52.6 Å². The summed E-state index contributed by atoms with van der Waals surface area (Å²) in [5.41, 5.74) is 1.40. The predicted molar refractivity (Wildman–Crippen MR) is 74.7 cm³/mol. The van der Waals surface area contributed by atoms with Crippen molar-refractivity contribution in [3.05, 3.63) is 42.0 Å². The van der Waals surface area contributed by atoms with Crippen molar-refractivity contribution in [3.8, 4) is 5.75 Å². The van der Waals surface area contributed by atoms with Gasteiger partial charge in [-0.25, -0.2) is 0 Å². The quantitative estimate of drug-likeness (QED) is 0.632. The summed E-state index contributed by atoms with van der Waals surface area (Å²) in [7, 11) is 0. The van der Waals surface area contributed by atoms with Crippen LogP contribution in [0.15, 0.2) is 36.4 Å². The van der Waals surface area contributed by atoms with Gasteiger partial charge in [0, 0.05) is 0 Å². The molecule has 1 rings (SSSR count). The minimum Gasteiger partial charge on any atom is -0.491 e. The summed E-state index contributed by atoms with van der Waals surface area (Å²) < 4.78 is 5.65. The van der Waals surface area contributed by atoms with E-state index < -0.39 is 0 Å². The van der Waals surface area contributed by atoms with Crippen molar-refractivity contribution in [1.29, 1.82) is 0 Å². The van der Waals surface area contributed by atoms with Crippen molar-refractivity contribution in [1.82, 2.24) is 0 Å². The van der Waals surface area contributed by atoms with Crippen LogP contribution in [-0.2, 0) is 0 Å². The zero-order valence-electron chi connectivity index (χ0n) is 11.4. The Hall–Kier alpha value is -1.24. The fraction of sp³-hybridized carbons (Fsp3) is 0.500. The second kappa shape index (κ2) is 7.16. The molecule has 0 radical (unpaired) electrons. The van der Waals surface area contributed by atoms with Crippen molar-refractivity contribution < 1.29 is 4.74 Å². The van der Waals surface area contributed by atoms with E-state index in [0.717, 1.165) is 12.2 Å². The molecule has 0 saturated heterocycles. The highest BCUT2D eigenvalue weighted by atomic mass is 16.5. The van der Waals surface area contributed by atoms with Gasteiger partial charge in [0.2, 0.25) is 0 Å². The minimum atomic E-state index is 0.242. The molecule has 0 fully saturated rings. The largest absolute Gasteiger partial charge is 0.491 e. The summed E-state index contributed by atoms with van der Waals surface area (Å²) >= 11 is 0. The predicted octanol–water partition coefficient (Wildman–Crippen LogP) is 4.93. The standard InChI is InChI=1S/C16H24O/c1-5-7-8-14(6-2)15-9-11-16(12-10-15)17-13(3)4/h5,7,9-14H,6,8H2,1-4H3/b7-5-. The van der Waals surface area contributed by atoms with Crippen LogP contribution in [0.1, 0.15) is 52.0 Å². The molecule has 1 unspecified atom stereocenters. The van der Waals surface area contributed by atoms with Crippen molar-refractivity contribution >= 4 is 0 Å². The number of ether oxygens (including phenoxy) is 1. The zero-order chi connectivity index (χ0) is 12.7. The highest BCUT2D eigenvalue weighted by Gasteiger charge is 2.07. The topological polar surface area (TPSA) is 9.23 Å². The maximum absolute atomic E-state index is 5.65. The molecule has 0 N–H and O–H groups in total. The molecule has 1 atom stereocenters. The average Bonchev–Trinajstić information content (AvgIpc) is 2.31. The van der Waals surface area contributed by atoms with E-state index in [1.54, 1.807) is 0 Å². The van der Waals surface area contributed by atoms with Crippen LogP contribution in [0.5, 0.6) is 5.75 Å². The fourth-order valence-corrected chi connectivity index (χ4v) is 1.93. The molecule has 0 heterocycles. The Morgan fingerprint density at radius 1 is 1.18 bits per heavy atom. The normalized spacial score (nSPS) is 13.2. The van der Waals surface area contributed by atoms with Gasteiger partial charge in [-0.05, 0) is 57.2 Å². The number of benzene rings is 1. The lowest BCUT2D eigenvalue weighted by Crippen LogP contribution is -2.05. The van der Waals surface area contributed by atoms with E-state index in [4.69, 9.17) is 4.74 Å². The van der Waals surface area contributed by atoms with Crippen LogP contribution in [0.4, 0.5) is 0 Å². The number of rotatable bonds is 6. The first-order valence-electron chi connectivity index (χ1n) is 6.55. The van der Waals surface area contributed by atoms with E-state index in [0.29, 0.717) is 5.92 Å². The lowest BCUT2D eigenvalue weighted by atomic mass is 9.93. The maximum atomic E-state index is 5.65. The SMILES string of the molecule is C/C=C\CC(CC)c1ccc(OC(C)C)cc1. The van der Waals surface area contributed by atoms with Crippen molar-refractivity contribution in [2.75, 3.05) is 0 Å². The lowest BCUT2D eigenvalue weighted by Gasteiger charge is -2.15. The van der Waals surface area contributed by atoms with Crippen molar-refractivity contribution in [3.63, 3.8) is 0 Å². The third kappa shape index (κ3) is 4.64. The number of hydrogen-bond acceptors (Lipinski definition) is 1. The van der Waals surface area contributed by atoms with Gasteiger partial charge >= 0.3 is 0 Å². The van der Waals surface area contributed by atoms with Gasteiger partial charge in [-0.1, -0.05) is 31.2 Å². The van der Waals surface area contributed by atoms with Gasteiger partial charge in [-0.2, -0.15) is 0 Å². The Labute approximate surface area is 106 Å². The molecule has 0 bridgehead atoms. The second-order valence-corrected chi connectivity index (χ2v) is 4.65. The molecule has 0 aliphatic rings. The first-order valence-corrected chi connectivity index (χ1v) is 6.55. The molecule has 0 saturated carbocycles. The smallest absolute Gasteiger partial charge is 0.119 e. The summed E-state index contributed by atoms with van der Waals surface area (Å²) in [5.74, 6) is 1.59. The highest BCUT2D eigenvalue weighted by molar-refractivity contribution is 5.29. The van der Waals surface area contributed by atoms with Crippen molar-refractivity contribution in [2.24, 2.45) is 0 Å². The Balaban J connectivity index is 2.70. The zero-order valence-corrected chi connectivity index (χ0v) is 11.4.